The summed E-state index contributed by atoms with van der Waals surface area (Å²) in [6, 6.07) is 6.29. The third-order valence-corrected chi connectivity index (χ3v) is 4.93. The zero-order valence-corrected chi connectivity index (χ0v) is 15.5. The van der Waals surface area contributed by atoms with Crippen LogP contribution in [0, 0.1) is 0 Å². The second-order valence-electron chi connectivity index (χ2n) is 7.18. The molecule has 4 rings (SSSR count). The lowest BCUT2D eigenvalue weighted by Gasteiger charge is -2.27. The maximum absolute atomic E-state index is 12.8. The Morgan fingerprint density at radius 1 is 1.18 bits per heavy atom. The molecule has 6 nitrogen and oxygen atoms in total. The van der Waals surface area contributed by atoms with Gasteiger partial charge in [-0.25, -0.2) is 0 Å². The number of phenols is 3. The molecule has 1 aliphatic rings. The largest absolute Gasteiger partial charge is 0.507 e. The second-order valence-corrected chi connectivity index (χ2v) is 7.18. The summed E-state index contributed by atoms with van der Waals surface area (Å²) in [6.45, 7) is 3.82. The number of carbonyl (C=O) groups excluding carboxylic acids is 1. The maximum Gasteiger partial charge on any atom is 0.174 e. The minimum absolute atomic E-state index is 0.0374. The van der Waals surface area contributed by atoms with Crippen molar-refractivity contribution in [1.82, 2.24) is 0 Å². The molecule has 1 aromatic heterocycles. The van der Waals surface area contributed by atoms with Gasteiger partial charge in [-0.3, -0.25) is 4.79 Å². The molecule has 0 aliphatic carbocycles. The van der Waals surface area contributed by atoms with Crippen LogP contribution in [0.4, 0.5) is 0 Å². The van der Waals surface area contributed by atoms with Crippen LogP contribution in [-0.4, -0.2) is 21.1 Å². The Labute approximate surface area is 161 Å². The molecule has 2 aromatic carbocycles. The first-order valence-corrected chi connectivity index (χ1v) is 8.96. The van der Waals surface area contributed by atoms with Crippen LogP contribution in [0.15, 0.2) is 46.6 Å². The Morgan fingerprint density at radius 2 is 1.96 bits per heavy atom. The summed E-state index contributed by atoms with van der Waals surface area (Å²) in [5, 5.41) is 32.0. The van der Waals surface area contributed by atoms with E-state index in [2.05, 4.69) is 0 Å². The van der Waals surface area contributed by atoms with Gasteiger partial charge in [-0.1, -0.05) is 11.6 Å². The average molecular weight is 380 g/mol. The smallest absolute Gasteiger partial charge is 0.174 e. The van der Waals surface area contributed by atoms with Crippen molar-refractivity contribution in [2.75, 3.05) is 0 Å². The summed E-state index contributed by atoms with van der Waals surface area (Å²) in [6.07, 6.45) is 2.91. The molecule has 0 radical (unpaired) electrons. The molecule has 0 spiro atoms. The fourth-order valence-electron chi connectivity index (χ4n) is 3.46. The zero-order valence-electron chi connectivity index (χ0n) is 15.5. The normalized spacial score (nSPS) is 15.9. The van der Waals surface area contributed by atoms with E-state index >= 15 is 0 Å². The number of Topliss-reactive ketones (excluding diaryl/α,β-unsaturated/α-hetero) is 1. The van der Waals surface area contributed by atoms with Crippen molar-refractivity contribution in [3.05, 3.63) is 58.9 Å². The first-order valence-electron chi connectivity index (χ1n) is 8.96. The molecular formula is C22H20O6. The van der Waals surface area contributed by atoms with Crippen LogP contribution in [0.2, 0.25) is 0 Å². The number of hydrogen-bond donors (Lipinski definition) is 3. The van der Waals surface area contributed by atoms with Gasteiger partial charge in [0.1, 0.15) is 40.2 Å². The highest BCUT2D eigenvalue weighted by molar-refractivity contribution is 6.03. The molecule has 2 heterocycles. The number of aromatic hydroxyl groups is 3. The molecule has 1 aliphatic heterocycles. The van der Waals surface area contributed by atoms with E-state index in [9.17, 15) is 20.1 Å². The van der Waals surface area contributed by atoms with Gasteiger partial charge in [0.15, 0.2) is 5.78 Å². The van der Waals surface area contributed by atoms with E-state index in [0.717, 1.165) is 11.0 Å². The van der Waals surface area contributed by atoms with E-state index in [1.54, 1.807) is 12.1 Å². The molecule has 3 aromatic rings. The molecule has 1 atom stereocenters. The quantitative estimate of drug-likeness (QED) is 0.566. The van der Waals surface area contributed by atoms with Crippen molar-refractivity contribution in [1.29, 1.82) is 0 Å². The fraction of sp³-hybridized carbons (Fsp3) is 0.227. The Hall–Kier alpha value is -3.41. The average Bonchev–Trinajstić information content (AvgIpc) is 3.06. The summed E-state index contributed by atoms with van der Waals surface area (Å²) < 4.78 is 11.2. The predicted octanol–water partition coefficient (Wildman–Crippen LogP) is 4.76. The van der Waals surface area contributed by atoms with Crippen molar-refractivity contribution >= 4 is 16.8 Å². The highest BCUT2D eigenvalue weighted by Gasteiger charge is 2.33. The SMILES string of the molecule is CC(C)=CCc1c(O)cc2c(c1O)C(=O)CC(c1cc3ccoc3cc1O)O2. The van der Waals surface area contributed by atoms with E-state index in [1.807, 2.05) is 19.9 Å². The molecule has 144 valence electrons. The number of allylic oxidation sites excluding steroid dienone is 2. The van der Waals surface area contributed by atoms with Gasteiger partial charge < -0.3 is 24.5 Å². The molecule has 1 unspecified atom stereocenters. The number of hydrogen-bond acceptors (Lipinski definition) is 6. The molecule has 0 saturated carbocycles. The number of rotatable bonds is 3. The lowest BCUT2D eigenvalue weighted by molar-refractivity contribution is 0.0842. The van der Waals surface area contributed by atoms with Crippen molar-refractivity contribution in [2.45, 2.75) is 32.8 Å². The summed E-state index contributed by atoms with van der Waals surface area (Å²) in [4.78, 5) is 12.8. The van der Waals surface area contributed by atoms with Gasteiger partial charge in [-0.15, -0.1) is 0 Å². The van der Waals surface area contributed by atoms with Crippen LogP contribution in [0.1, 0.15) is 47.9 Å². The van der Waals surface area contributed by atoms with Gasteiger partial charge >= 0.3 is 0 Å². The van der Waals surface area contributed by atoms with E-state index < -0.39 is 6.10 Å². The first kappa shape index (κ1) is 18.0. The molecular weight excluding hydrogens is 360 g/mol. The van der Waals surface area contributed by atoms with Gasteiger partial charge in [0, 0.05) is 28.6 Å². The molecule has 28 heavy (non-hydrogen) atoms. The van der Waals surface area contributed by atoms with Crippen LogP contribution in [0.5, 0.6) is 23.0 Å². The van der Waals surface area contributed by atoms with Gasteiger partial charge in [-0.05, 0) is 32.4 Å². The lowest BCUT2D eigenvalue weighted by atomic mass is 9.92. The van der Waals surface area contributed by atoms with Crippen molar-refractivity contribution in [3.63, 3.8) is 0 Å². The predicted molar refractivity (Wildman–Crippen MR) is 103 cm³/mol. The molecule has 3 N–H and O–H groups in total. The Bertz CT molecular complexity index is 1120. The van der Waals surface area contributed by atoms with Crippen molar-refractivity contribution < 1.29 is 29.3 Å². The van der Waals surface area contributed by atoms with Gasteiger partial charge in [0.2, 0.25) is 0 Å². The monoisotopic (exact) mass is 380 g/mol. The Balaban J connectivity index is 1.75. The minimum atomic E-state index is -0.735. The van der Waals surface area contributed by atoms with E-state index in [0.29, 0.717) is 17.6 Å². The number of ether oxygens (including phenoxy) is 1. The summed E-state index contributed by atoms with van der Waals surface area (Å²) in [5.41, 5.74) is 2.36. The first-order chi connectivity index (χ1) is 13.3. The molecule has 0 saturated heterocycles. The fourth-order valence-corrected chi connectivity index (χ4v) is 3.46. The second kappa shape index (κ2) is 6.64. The molecule has 6 heteroatoms. The number of ketones is 1. The lowest BCUT2D eigenvalue weighted by Crippen LogP contribution is -2.21. The summed E-state index contributed by atoms with van der Waals surface area (Å²) in [5.74, 6) is -0.655. The van der Waals surface area contributed by atoms with E-state index in [-0.39, 0.29) is 46.3 Å². The number of benzene rings is 2. The van der Waals surface area contributed by atoms with Crippen LogP contribution < -0.4 is 4.74 Å². The highest BCUT2D eigenvalue weighted by atomic mass is 16.5. The minimum Gasteiger partial charge on any atom is -0.507 e. The van der Waals surface area contributed by atoms with Crippen molar-refractivity contribution in [2.24, 2.45) is 0 Å². The zero-order chi connectivity index (χ0) is 20.0. The van der Waals surface area contributed by atoms with Crippen LogP contribution in [-0.2, 0) is 6.42 Å². The third kappa shape index (κ3) is 2.97. The Kier molecular flexibility index (Phi) is 4.26. The van der Waals surface area contributed by atoms with Gasteiger partial charge in [0.25, 0.3) is 0 Å². The van der Waals surface area contributed by atoms with Crippen LogP contribution >= 0.6 is 0 Å². The number of phenolic OH excluding ortho intramolecular Hbond substituents is 3. The number of carbonyl (C=O) groups is 1. The van der Waals surface area contributed by atoms with E-state index in [1.165, 1.54) is 18.4 Å². The Morgan fingerprint density at radius 3 is 2.71 bits per heavy atom. The van der Waals surface area contributed by atoms with E-state index in [4.69, 9.17) is 9.15 Å². The van der Waals surface area contributed by atoms with Gasteiger partial charge in [-0.2, -0.15) is 0 Å². The number of furan rings is 1. The topological polar surface area (TPSA) is 100 Å². The van der Waals surface area contributed by atoms with Gasteiger partial charge in [0.05, 0.1) is 12.7 Å². The standard InChI is InChI=1S/C22H20O6/c1-11(2)3-4-13-15(23)9-20-21(22(13)26)17(25)10-19(28-20)14-7-12-5-6-27-18(12)8-16(14)24/h3,5-9,19,23-24,26H,4,10H2,1-2H3. The van der Waals surface area contributed by atoms with Crippen LogP contribution in [0.25, 0.3) is 11.0 Å². The number of fused-ring (bicyclic) bond motifs is 2. The molecule has 0 amide bonds. The maximum atomic E-state index is 12.8. The summed E-state index contributed by atoms with van der Waals surface area (Å²) >= 11 is 0. The molecule has 0 bridgehead atoms. The summed E-state index contributed by atoms with van der Waals surface area (Å²) in [7, 11) is 0. The van der Waals surface area contributed by atoms with Crippen LogP contribution in [0.3, 0.4) is 0 Å². The van der Waals surface area contributed by atoms with Crippen molar-refractivity contribution in [3.8, 4) is 23.0 Å². The highest BCUT2D eigenvalue weighted by Crippen LogP contribution is 2.46. The molecule has 0 fully saturated rings. The third-order valence-electron chi connectivity index (χ3n) is 4.93.